The molecular formula is C23H27N5O4. The van der Waals surface area contributed by atoms with E-state index in [-0.39, 0.29) is 18.9 Å². The fourth-order valence-electron chi connectivity index (χ4n) is 4.18. The minimum Gasteiger partial charge on any atom is -0.491 e. The number of carbonyl (C=O) groups excluding carboxylic acids is 1. The molecule has 1 amide bonds. The summed E-state index contributed by atoms with van der Waals surface area (Å²) in [5.74, 6) is 1.18. The normalized spacial score (nSPS) is 21.9. The number of amides is 1. The van der Waals surface area contributed by atoms with Gasteiger partial charge in [0.05, 0.1) is 17.3 Å². The van der Waals surface area contributed by atoms with Crippen LogP contribution in [0, 0.1) is 6.92 Å². The van der Waals surface area contributed by atoms with Gasteiger partial charge < -0.3 is 19.5 Å². The number of benzene rings is 1. The molecule has 0 spiro atoms. The van der Waals surface area contributed by atoms with Crippen molar-refractivity contribution in [3.8, 4) is 17.1 Å². The molecule has 32 heavy (non-hydrogen) atoms. The number of nitrogens with one attached hydrogen (secondary N) is 1. The van der Waals surface area contributed by atoms with E-state index in [9.17, 15) is 4.79 Å². The Balaban J connectivity index is 1.65. The van der Waals surface area contributed by atoms with E-state index >= 15 is 0 Å². The van der Waals surface area contributed by atoms with Gasteiger partial charge in [-0.2, -0.15) is 5.10 Å². The van der Waals surface area contributed by atoms with Crippen LogP contribution in [-0.4, -0.2) is 45.1 Å². The summed E-state index contributed by atoms with van der Waals surface area (Å²) in [7, 11) is 0. The van der Waals surface area contributed by atoms with E-state index in [0.29, 0.717) is 24.5 Å². The predicted octanol–water partition coefficient (Wildman–Crippen LogP) is 3.90. The van der Waals surface area contributed by atoms with Gasteiger partial charge in [0.2, 0.25) is 0 Å². The summed E-state index contributed by atoms with van der Waals surface area (Å²) in [4.78, 5) is 21.1. The summed E-state index contributed by atoms with van der Waals surface area (Å²) < 4.78 is 19.4. The van der Waals surface area contributed by atoms with Crippen LogP contribution < -0.4 is 10.1 Å². The Morgan fingerprint density at radius 1 is 1.16 bits per heavy atom. The summed E-state index contributed by atoms with van der Waals surface area (Å²) in [5, 5.41) is 8.62. The van der Waals surface area contributed by atoms with Crippen molar-refractivity contribution in [2.45, 2.75) is 58.5 Å². The summed E-state index contributed by atoms with van der Waals surface area (Å²) in [6.45, 7) is 5.04. The van der Waals surface area contributed by atoms with Crippen molar-refractivity contribution in [2.75, 3.05) is 13.2 Å². The SMILES string of the molecule is Cc1cc2nc(n1)COC(=O)NCC[C@@H](C)Oc1ccc3c(c1)c-2nn3C1CCCCO1. The summed E-state index contributed by atoms with van der Waals surface area (Å²) in [6.07, 6.45) is 3.06. The van der Waals surface area contributed by atoms with Crippen LogP contribution in [-0.2, 0) is 16.1 Å². The standard InChI is InChI=1S/C23H27N5O4/c1-14-11-18-22-17-12-16(6-7-19(17)28(27-22)21-5-3-4-10-30-21)32-15(2)8-9-24-23(29)31-13-20(25-14)26-18/h6-7,11-12,15,21H,3-5,8-10,13H2,1-2H3,(H,24,29)/t15-,21?/m1/s1. The van der Waals surface area contributed by atoms with Crippen LogP contribution in [0.3, 0.4) is 0 Å². The van der Waals surface area contributed by atoms with E-state index in [1.54, 1.807) is 0 Å². The van der Waals surface area contributed by atoms with Crippen molar-refractivity contribution in [3.05, 3.63) is 35.8 Å². The highest BCUT2D eigenvalue weighted by Crippen LogP contribution is 2.34. The number of hydrogen-bond donors (Lipinski definition) is 1. The fourth-order valence-corrected chi connectivity index (χ4v) is 4.18. The van der Waals surface area contributed by atoms with Crippen LogP contribution in [0.4, 0.5) is 4.79 Å². The topological polar surface area (TPSA) is 100 Å². The molecule has 4 bridgehead atoms. The van der Waals surface area contributed by atoms with Crippen LogP contribution in [0.2, 0.25) is 0 Å². The minimum atomic E-state index is -0.500. The van der Waals surface area contributed by atoms with Crippen LogP contribution in [0.15, 0.2) is 24.3 Å². The van der Waals surface area contributed by atoms with Crippen LogP contribution in [0.1, 0.15) is 50.4 Å². The molecule has 0 aliphatic carbocycles. The van der Waals surface area contributed by atoms with E-state index < -0.39 is 6.09 Å². The van der Waals surface area contributed by atoms with Crippen LogP contribution in [0.5, 0.6) is 5.75 Å². The number of rotatable bonds is 1. The monoisotopic (exact) mass is 437 g/mol. The maximum absolute atomic E-state index is 12.0. The third-order valence-electron chi connectivity index (χ3n) is 5.74. The first kappa shape index (κ1) is 20.7. The van der Waals surface area contributed by atoms with Crippen LogP contribution in [0.25, 0.3) is 22.3 Å². The second kappa shape index (κ2) is 8.74. The molecule has 1 aromatic carbocycles. The molecule has 1 fully saturated rings. The lowest BCUT2D eigenvalue weighted by Crippen LogP contribution is -2.28. The van der Waals surface area contributed by atoms with Crippen LogP contribution >= 0.6 is 0 Å². The third-order valence-corrected chi connectivity index (χ3v) is 5.74. The van der Waals surface area contributed by atoms with E-state index in [1.807, 2.05) is 42.8 Å². The smallest absolute Gasteiger partial charge is 0.407 e. The third kappa shape index (κ3) is 4.25. The Kier molecular flexibility index (Phi) is 5.65. The molecule has 5 rings (SSSR count). The predicted molar refractivity (Wildman–Crippen MR) is 117 cm³/mol. The molecule has 2 atom stereocenters. The molecular weight excluding hydrogens is 410 g/mol. The van der Waals surface area contributed by atoms with Crippen molar-refractivity contribution in [2.24, 2.45) is 0 Å². The van der Waals surface area contributed by atoms with Gasteiger partial charge in [-0.15, -0.1) is 0 Å². The van der Waals surface area contributed by atoms with Crippen molar-refractivity contribution in [3.63, 3.8) is 0 Å². The highest BCUT2D eigenvalue weighted by molar-refractivity contribution is 5.93. The molecule has 0 saturated carbocycles. The van der Waals surface area contributed by atoms with Gasteiger partial charge in [0.15, 0.2) is 18.7 Å². The Hall–Kier alpha value is -3.20. The number of nitrogens with zero attached hydrogens (tertiary/aromatic N) is 4. The molecule has 3 aromatic rings. The summed E-state index contributed by atoms with van der Waals surface area (Å²) >= 11 is 0. The zero-order valence-electron chi connectivity index (χ0n) is 18.3. The highest BCUT2D eigenvalue weighted by atomic mass is 16.5. The average Bonchev–Trinajstić information content (AvgIpc) is 3.16. The number of ether oxygens (including phenoxy) is 3. The number of cyclic esters (lactones) is 1. The first-order valence-electron chi connectivity index (χ1n) is 11.1. The molecule has 1 saturated heterocycles. The van der Waals surface area contributed by atoms with Gasteiger partial charge in [-0.3, -0.25) is 0 Å². The summed E-state index contributed by atoms with van der Waals surface area (Å²) in [5.41, 5.74) is 3.16. The number of aryl methyl sites for hydroxylation is 1. The zero-order valence-corrected chi connectivity index (χ0v) is 18.3. The van der Waals surface area contributed by atoms with E-state index in [0.717, 1.165) is 53.9 Å². The first-order valence-corrected chi connectivity index (χ1v) is 11.1. The lowest BCUT2D eigenvalue weighted by molar-refractivity contribution is -0.0365. The quantitative estimate of drug-likeness (QED) is 0.616. The Morgan fingerprint density at radius 3 is 2.91 bits per heavy atom. The molecule has 168 valence electrons. The van der Waals surface area contributed by atoms with Gasteiger partial charge in [-0.25, -0.2) is 19.4 Å². The number of aromatic nitrogens is 4. The lowest BCUT2D eigenvalue weighted by atomic mass is 10.1. The van der Waals surface area contributed by atoms with E-state index in [1.165, 1.54) is 0 Å². The largest absolute Gasteiger partial charge is 0.491 e. The van der Waals surface area contributed by atoms with Gasteiger partial charge in [0.25, 0.3) is 0 Å². The molecule has 2 aliphatic heterocycles. The average molecular weight is 438 g/mol. The zero-order chi connectivity index (χ0) is 22.1. The number of fused-ring (bicyclic) bond motifs is 4. The van der Waals surface area contributed by atoms with Gasteiger partial charge in [-0.1, -0.05) is 0 Å². The molecule has 2 aliphatic rings. The Bertz CT molecular complexity index is 1140. The highest BCUT2D eigenvalue weighted by Gasteiger charge is 2.23. The Labute approximate surface area is 186 Å². The van der Waals surface area contributed by atoms with E-state index in [4.69, 9.17) is 19.3 Å². The van der Waals surface area contributed by atoms with Crippen molar-refractivity contribution >= 4 is 17.0 Å². The van der Waals surface area contributed by atoms with Gasteiger partial charge in [0, 0.05) is 30.7 Å². The van der Waals surface area contributed by atoms with Crippen molar-refractivity contribution in [1.29, 1.82) is 0 Å². The second-order valence-electron chi connectivity index (χ2n) is 8.32. The van der Waals surface area contributed by atoms with Gasteiger partial charge >= 0.3 is 6.09 Å². The molecule has 2 aromatic heterocycles. The summed E-state index contributed by atoms with van der Waals surface area (Å²) in [6, 6.07) is 7.90. The number of hydrogen-bond acceptors (Lipinski definition) is 7. The molecule has 4 heterocycles. The second-order valence-corrected chi connectivity index (χ2v) is 8.32. The number of carbonyl (C=O) groups is 1. The van der Waals surface area contributed by atoms with Gasteiger partial charge in [-0.05, 0) is 57.4 Å². The van der Waals surface area contributed by atoms with Crippen molar-refractivity contribution < 1.29 is 19.0 Å². The Morgan fingerprint density at radius 2 is 2.06 bits per heavy atom. The molecule has 1 unspecified atom stereocenters. The minimum absolute atomic E-state index is 0.0117. The molecule has 1 N–H and O–H groups in total. The molecule has 9 nitrogen and oxygen atoms in total. The molecule has 0 radical (unpaired) electrons. The first-order chi connectivity index (χ1) is 15.6. The van der Waals surface area contributed by atoms with Gasteiger partial charge in [0.1, 0.15) is 11.4 Å². The maximum Gasteiger partial charge on any atom is 0.407 e. The molecule has 9 heteroatoms. The fraction of sp³-hybridized carbons (Fsp3) is 0.478. The van der Waals surface area contributed by atoms with E-state index in [2.05, 4.69) is 15.3 Å². The maximum atomic E-state index is 12.0. The van der Waals surface area contributed by atoms with Crippen molar-refractivity contribution in [1.82, 2.24) is 25.1 Å². The lowest BCUT2D eigenvalue weighted by Gasteiger charge is -2.23. The number of alkyl carbamates (subject to hydrolysis) is 1.